The third-order valence-electron chi connectivity index (χ3n) is 3.22. The summed E-state index contributed by atoms with van der Waals surface area (Å²) in [6.07, 6.45) is 2.20. The Morgan fingerprint density at radius 1 is 1.24 bits per heavy atom. The molecule has 1 amide bonds. The largest absolute Gasteiger partial charge is 0.324 e. The fourth-order valence-corrected chi connectivity index (χ4v) is 3.13. The van der Waals surface area contributed by atoms with E-state index in [0.29, 0.717) is 6.42 Å². The molecule has 0 radical (unpaired) electrons. The number of hydrogen-bond acceptors (Lipinski definition) is 3. The number of sulfonamides is 1. The summed E-state index contributed by atoms with van der Waals surface area (Å²) in [4.78, 5) is 11.9. The number of hydrogen-bond donors (Lipinski definition) is 2. The number of para-hydroxylation sites is 1. The number of anilines is 1. The van der Waals surface area contributed by atoms with Gasteiger partial charge in [0, 0.05) is 5.69 Å². The minimum absolute atomic E-state index is 0.0569. The lowest BCUT2D eigenvalue weighted by molar-refractivity contribution is -0.115. The molecule has 0 aliphatic heterocycles. The van der Waals surface area contributed by atoms with E-state index >= 15 is 0 Å². The molecule has 0 unspecified atom stereocenters. The number of benzene rings is 1. The smallest absolute Gasteiger partial charge is 0.239 e. The Hall–Kier alpha value is -1.40. The third-order valence-corrected chi connectivity index (χ3v) is 4.63. The van der Waals surface area contributed by atoms with Gasteiger partial charge in [-0.05, 0) is 30.9 Å². The Morgan fingerprint density at radius 3 is 2.57 bits per heavy atom. The normalized spacial score (nSPS) is 11.4. The number of carbonyl (C=O) groups excluding carboxylic acids is 1. The molecule has 118 valence electrons. The van der Waals surface area contributed by atoms with E-state index in [1.807, 2.05) is 39.0 Å². The molecule has 21 heavy (non-hydrogen) atoms. The minimum atomic E-state index is -3.37. The first kappa shape index (κ1) is 17.7. The first-order valence-electron chi connectivity index (χ1n) is 7.25. The van der Waals surface area contributed by atoms with Gasteiger partial charge in [-0.15, -0.1) is 0 Å². The third kappa shape index (κ3) is 5.85. The van der Waals surface area contributed by atoms with Gasteiger partial charge in [0.05, 0.1) is 12.3 Å². The summed E-state index contributed by atoms with van der Waals surface area (Å²) < 4.78 is 25.6. The van der Waals surface area contributed by atoms with Gasteiger partial charge in [0.1, 0.15) is 0 Å². The zero-order valence-electron chi connectivity index (χ0n) is 12.9. The maximum atomic E-state index is 11.9. The van der Waals surface area contributed by atoms with E-state index in [9.17, 15) is 13.2 Å². The topological polar surface area (TPSA) is 75.3 Å². The number of rotatable bonds is 8. The number of nitrogens with one attached hydrogen (secondary N) is 2. The minimum Gasteiger partial charge on any atom is -0.324 e. The summed E-state index contributed by atoms with van der Waals surface area (Å²) in [7, 11) is -3.37. The fraction of sp³-hybridized carbons (Fsp3) is 0.533. The lowest BCUT2D eigenvalue weighted by atomic mass is 10.1. The van der Waals surface area contributed by atoms with Gasteiger partial charge in [0.25, 0.3) is 0 Å². The predicted molar refractivity (Wildman–Crippen MR) is 85.9 cm³/mol. The number of amides is 1. The molecular weight excluding hydrogens is 288 g/mol. The lowest BCUT2D eigenvalue weighted by Gasteiger charge is -2.13. The van der Waals surface area contributed by atoms with Crippen molar-refractivity contribution in [2.45, 2.75) is 40.0 Å². The molecule has 0 spiro atoms. The van der Waals surface area contributed by atoms with Crippen molar-refractivity contribution in [2.24, 2.45) is 0 Å². The van der Waals surface area contributed by atoms with Crippen molar-refractivity contribution in [1.82, 2.24) is 4.72 Å². The monoisotopic (exact) mass is 312 g/mol. The molecule has 0 saturated heterocycles. The quantitative estimate of drug-likeness (QED) is 0.773. The molecular formula is C15H24N2O3S. The first-order chi connectivity index (χ1) is 9.89. The predicted octanol–water partition coefficient (Wildman–Crippen LogP) is 2.22. The van der Waals surface area contributed by atoms with Gasteiger partial charge in [0.2, 0.25) is 15.9 Å². The van der Waals surface area contributed by atoms with E-state index < -0.39 is 10.0 Å². The Kier molecular flexibility index (Phi) is 6.84. The standard InChI is InChI=1S/C15H24N2O3S/c1-4-6-10-21(19,20)16-11-14(18)17-15-12(3)8-7-9-13(15)5-2/h7-9,16H,4-6,10-11H2,1-3H3,(H,17,18). The maximum Gasteiger partial charge on any atom is 0.239 e. The molecule has 0 aliphatic rings. The van der Waals surface area contributed by atoms with Crippen LogP contribution in [-0.2, 0) is 21.2 Å². The Labute approximate surface area is 127 Å². The van der Waals surface area contributed by atoms with Crippen LogP contribution in [0.15, 0.2) is 18.2 Å². The molecule has 5 nitrogen and oxygen atoms in total. The molecule has 0 fully saturated rings. The Bertz CT molecular complexity index is 583. The van der Waals surface area contributed by atoms with Gasteiger partial charge in [-0.1, -0.05) is 38.5 Å². The summed E-state index contributed by atoms with van der Waals surface area (Å²) in [6.45, 7) is 5.62. The number of unbranched alkanes of at least 4 members (excludes halogenated alkanes) is 1. The van der Waals surface area contributed by atoms with Crippen molar-refractivity contribution in [2.75, 3.05) is 17.6 Å². The number of aryl methyl sites for hydroxylation is 2. The molecule has 0 atom stereocenters. The van der Waals surface area contributed by atoms with E-state index in [1.165, 1.54) is 0 Å². The molecule has 0 bridgehead atoms. The second-order valence-corrected chi connectivity index (χ2v) is 6.93. The second-order valence-electron chi connectivity index (χ2n) is 5.00. The van der Waals surface area contributed by atoms with Gasteiger partial charge in [-0.25, -0.2) is 13.1 Å². The zero-order valence-corrected chi connectivity index (χ0v) is 13.7. The molecule has 1 aromatic carbocycles. The summed E-state index contributed by atoms with van der Waals surface area (Å²) in [5, 5.41) is 2.79. The van der Waals surface area contributed by atoms with Crippen LogP contribution < -0.4 is 10.0 Å². The van der Waals surface area contributed by atoms with Crippen molar-refractivity contribution < 1.29 is 13.2 Å². The highest BCUT2D eigenvalue weighted by atomic mass is 32.2. The van der Waals surface area contributed by atoms with Crippen LogP contribution in [0.2, 0.25) is 0 Å². The van der Waals surface area contributed by atoms with E-state index in [-0.39, 0.29) is 18.2 Å². The zero-order chi connectivity index (χ0) is 15.9. The van der Waals surface area contributed by atoms with Crippen molar-refractivity contribution in [1.29, 1.82) is 0 Å². The van der Waals surface area contributed by atoms with Crippen molar-refractivity contribution in [3.8, 4) is 0 Å². The summed E-state index contributed by atoms with van der Waals surface area (Å²) in [5.74, 6) is -0.291. The van der Waals surface area contributed by atoms with Crippen LogP contribution in [0, 0.1) is 6.92 Å². The second kappa shape index (κ2) is 8.14. The fourth-order valence-electron chi connectivity index (χ4n) is 1.97. The highest BCUT2D eigenvalue weighted by molar-refractivity contribution is 7.89. The first-order valence-corrected chi connectivity index (χ1v) is 8.90. The Morgan fingerprint density at radius 2 is 1.95 bits per heavy atom. The Balaban J connectivity index is 2.63. The van der Waals surface area contributed by atoms with Crippen LogP contribution in [-0.4, -0.2) is 26.6 Å². The molecule has 1 rings (SSSR count). The van der Waals surface area contributed by atoms with Crippen molar-refractivity contribution in [3.63, 3.8) is 0 Å². The van der Waals surface area contributed by atoms with Gasteiger partial charge in [-0.2, -0.15) is 0 Å². The van der Waals surface area contributed by atoms with E-state index in [0.717, 1.165) is 29.7 Å². The van der Waals surface area contributed by atoms with Crippen molar-refractivity contribution in [3.05, 3.63) is 29.3 Å². The summed E-state index contributed by atoms with van der Waals surface area (Å²) in [6, 6.07) is 5.81. The number of carbonyl (C=O) groups is 1. The highest BCUT2D eigenvalue weighted by Gasteiger charge is 2.13. The van der Waals surface area contributed by atoms with Crippen LogP contribution in [0.4, 0.5) is 5.69 Å². The maximum absolute atomic E-state index is 11.9. The van der Waals surface area contributed by atoms with Gasteiger partial charge in [0.15, 0.2) is 0 Å². The molecule has 0 saturated carbocycles. The molecule has 6 heteroatoms. The van der Waals surface area contributed by atoms with Crippen LogP contribution >= 0.6 is 0 Å². The summed E-state index contributed by atoms with van der Waals surface area (Å²) in [5.41, 5.74) is 2.78. The van der Waals surface area contributed by atoms with Crippen LogP contribution in [0.5, 0.6) is 0 Å². The van der Waals surface area contributed by atoms with Crippen molar-refractivity contribution >= 4 is 21.6 Å². The van der Waals surface area contributed by atoms with Crippen LogP contribution in [0.25, 0.3) is 0 Å². The van der Waals surface area contributed by atoms with Gasteiger partial charge < -0.3 is 5.32 Å². The van der Waals surface area contributed by atoms with Crippen LogP contribution in [0.1, 0.15) is 37.8 Å². The van der Waals surface area contributed by atoms with E-state index in [1.54, 1.807) is 0 Å². The van der Waals surface area contributed by atoms with E-state index in [2.05, 4.69) is 10.0 Å². The molecule has 0 heterocycles. The molecule has 1 aromatic rings. The van der Waals surface area contributed by atoms with Gasteiger partial charge in [-0.3, -0.25) is 4.79 Å². The van der Waals surface area contributed by atoms with E-state index in [4.69, 9.17) is 0 Å². The lowest BCUT2D eigenvalue weighted by Crippen LogP contribution is -2.34. The molecule has 2 N–H and O–H groups in total. The molecule has 0 aliphatic carbocycles. The summed E-state index contributed by atoms with van der Waals surface area (Å²) >= 11 is 0. The molecule has 0 aromatic heterocycles. The highest BCUT2D eigenvalue weighted by Crippen LogP contribution is 2.20. The van der Waals surface area contributed by atoms with Crippen LogP contribution in [0.3, 0.4) is 0 Å². The average molecular weight is 312 g/mol. The average Bonchev–Trinajstić information content (AvgIpc) is 2.45. The van der Waals surface area contributed by atoms with Gasteiger partial charge >= 0.3 is 0 Å². The SMILES string of the molecule is CCCCS(=O)(=O)NCC(=O)Nc1c(C)cccc1CC.